The average Bonchev–Trinajstić information content (AvgIpc) is 2.73. The fraction of sp³-hybridized carbons (Fsp3) is 0.480. The molecule has 2 atom stereocenters. The van der Waals surface area contributed by atoms with Crippen molar-refractivity contribution in [1.82, 2.24) is 9.62 Å². The number of nitrogens with one attached hydrogen (secondary N) is 1. The number of aryl methyl sites for hydroxylation is 1. The summed E-state index contributed by atoms with van der Waals surface area (Å²) >= 11 is 0. The molecule has 0 aliphatic carbocycles. The largest absolute Gasteiger partial charge is 0.349 e. The highest BCUT2D eigenvalue weighted by molar-refractivity contribution is 7.89. The number of hydrogen-bond acceptors (Lipinski definition) is 3. The van der Waals surface area contributed by atoms with Gasteiger partial charge in [-0.05, 0) is 55.4 Å². The lowest BCUT2D eigenvalue weighted by Crippen LogP contribution is -2.45. The average molecular weight is 443 g/mol. The monoisotopic (exact) mass is 442 g/mol. The van der Waals surface area contributed by atoms with E-state index in [1.165, 1.54) is 9.87 Å². The maximum Gasteiger partial charge on any atom is 0.243 e. The van der Waals surface area contributed by atoms with Gasteiger partial charge in [-0.25, -0.2) is 8.42 Å². The van der Waals surface area contributed by atoms with Crippen LogP contribution >= 0.6 is 0 Å². The Kier molecular flexibility index (Phi) is 6.92. The van der Waals surface area contributed by atoms with Crippen LogP contribution in [-0.4, -0.2) is 31.7 Å². The van der Waals surface area contributed by atoms with E-state index in [0.717, 1.165) is 11.1 Å². The molecule has 5 nitrogen and oxygen atoms in total. The highest BCUT2D eigenvalue weighted by Crippen LogP contribution is 2.26. The maximum absolute atomic E-state index is 13.0. The normalized spacial score (nSPS) is 19.1. The quantitative estimate of drug-likeness (QED) is 0.738. The van der Waals surface area contributed by atoms with Crippen LogP contribution in [0.3, 0.4) is 0 Å². The predicted octanol–water partition coefficient (Wildman–Crippen LogP) is 4.57. The van der Waals surface area contributed by atoms with E-state index in [0.29, 0.717) is 19.4 Å². The second-order valence-electron chi connectivity index (χ2n) is 9.62. The van der Waals surface area contributed by atoms with Crippen molar-refractivity contribution in [2.75, 3.05) is 13.1 Å². The zero-order valence-corrected chi connectivity index (χ0v) is 20.0. The van der Waals surface area contributed by atoms with Crippen molar-refractivity contribution in [3.63, 3.8) is 0 Å². The first kappa shape index (κ1) is 23.5. The zero-order chi connectivity index (χ0) is 22.8. The first-order valence-corrected chi connectivity index (χ1v) is 12.4. The molecule has 2 aromatic carbocycles. The van der Waals surface area contributed by atoms with Crippen molar-refractivity contribution in [2.24, 2.45) is 5.92 Å². The van der Waals surface area contributed by atoms with E-state index in [2.05, 4.69) is 50.4 Å². The summed E-state index contributed by atoms with van der Waals surface area (Å²) in [4.78, 5) is 13.2. The van der Waals surface area contributed by atoms with Gasteiger partial charge in [0.1, 0.15) is 0 Å². The fourth-order valence-electron chi connectivity index (χ4n) is 3.92. The number of piperidine rings is 1. The van der Waals surface area contributed by atoms with Gasteiger partial charge >= 0.3 is 0 Å². The first-order valence-electron chi connectivity index (χ1n) is 11.0. The highest BCUT2D eigenvalue weighted by Gasteiger charge is 2.33. The van der Waals surface area contributed by atoms with Crippen LogP contribution < -0.4 is 5.32 Å². The minimum atomic E-state index is -3.59. The fourth-order valence-corrected chi connectivity index (χ4v) is 5.44. The van der Waals surface area contributed by atoms with Crippen molar-refractivity contribution in [1.29, 1.82) is 0 Å². The molecule has 0 bridgehead atoms. The molecule has 1 N–H and O–H groups in total. The minimum Gasteiger partial charge on any atom is -0.349 e. The summed E-state index contributed by atoms with van der Waals surface area (Å²) in [5, 5.41) is 3.08. The smallest absolute Gasteiger partial charge is 0.243 e. The van der Waals surface area contributed by atoms with Crippen LogP contribution in [0.2, 0.25) is 0 Å². The van der Waals surface area contributed by atoms with E-state index in [-0.39, 0.29) is 34.7 Å². The molecular weight excluding hydrogens is 408 g/mol. The number of benzene rings is 2. The van der Waals surface area contributed by atoms with Gasteiger partial charge in [0.05, 0.1) is 16.9 Å². The number of rotatable bonds is 5. The topological polar surface area (TPSA) is 66.5 Å². The Morgan fingerprint density at radius 3 is 2.26 bits per heavy atom. The lowest BCUT2D eigenvalue weighted by molar-refractivity contribution is -0.126. The van der Waals surface area contributed by atoms with E-state index in [4.69, 9.17) is 0 Å². The molecule has 3 rings (SSSR count). The number of hydrogen-bond donors (Lipinski definition) is 1. The molecule has 1 fully saturated rings. The summed E-state index contributed by atoms with van der Waals surface area (Å²) in [6, 6.07) is 15.1. The van der Waals surface area contributed by atoms with Gasteiger partial charge in [0.25, 0.3) is 0 Å². The summed E-state index contributed by atoms with van der Waals surface area (Å²) in [6.07, 6.45) is 1.37. The molecule has 1 saturated heterocycles. The molecule has 1 aliphatic rings. The first-order chi connectivity index (χ1) is 14.5. The lowest BCUT2D eigenvalue weighted by Gasteiger charge is -2.32. The molecule has 31 heavy (non-hydrogen) atoms. The SMILES string of the molecule is Cc1ccc(S(=O)(=O)N2CCC[C@@H](C(=O)N[C@H](C)c3ccc(C(C)(C)C)cc3)C2)cc1. The summed E-state index contributed by atoms with van der Waals surface area (Å²) in [5.41, 5.74) is 3.39. The Morgan fingerprint density at radius 1 is 1.06 bits per heavy atom. The molecule has 168 valence electrons. The summed E-state index contributed by atoms with van der Waals surface area (Å²) in [5.74, 6) is -0.429. The standard InChI is InChI=1S/C25H34N2O3S/c1-18-8-14-23(15-9-18)31(29,30)27-16-6-7-21(17-27)24(28)26-19(2)20-10-12-22(13-11-20)25(3,4)5/h8-15,19,21H,6-7,16-17H2,1-5H3,(H,26,28)/t19-,21-/m1/s1. The summed E-state index contributed by atoms with van der Waals surface area (Å²) in [7, 11) is -3.59. The Labute approximate surface area is 186 Å². The van der Waals surface area contributed by atoms with Gasteiger partial charge in [-0.1, -0.05) is 62.7 Å². The molecule has 1 heterocycles. The van der Waals surface area contributed by atoms with Gasteiger partial charge in [0, 0.05) is 13.1 Å². The van der Waals surface area contributed by atoms with Crippen molar-refractivity contribution in [3.8, 4) is 0 Å². The van der Waals surface area contributed by atoms with Gasteiger partial charge in [-0.3, -0.25) is 4.79 Å². The predicted molar refractivity (Wildman–Crippen MR) is 124 cm³/mol. The summed E-state index contributed by atoms with van der Waals surface area (Å²) < 4.78 is 27.5. The van der Waals surface area contributed by atoms with Gasteiger partial charge in [-0.15, -0.1) is 0 Å². The molecule has 0 radical (unpaired) electrons. The molecule has 6 heteroatoms. The Balaban J connectivity index is 1.66. The van der Waals surface area contributed by atoms with E-state index in [1.807, 2.05) is 13.8 Å². The van der Waals surface area contributed by atoms with E-state index in [1.54, 1.807) is 24.3 Å². The third kappa shape index (κ3) is 5.55. The van der Waals surface area contributed by atoms with Crippen LogP contribution in [0.25, 0.3) is 0 Å². The molecular formula is C25H34N2O3S. The van der Waals surface area contributed by atoms with Crippen LogP contribution in [0.1, 0.15) is 63.3 Å². The van der Waals surface area contributed by atoms with Crippen molar-refractivity contribution in [3.05, 3.63) is 65.2 Å². The van der Waals surface area contributed by atoms with Crippen molar-refractivity contribution < 1.29 is 13.2 Å². The molecule has 2 aromatic rings. The van der Waals surface area contributed by atoms with Gasteiger partial charge < -0.3 is 5.32 Å². The van der Waals surface area contributed by atoms with Gasteiger partial charge in [0.15, 0.2) is 0 Å². The van der Waals surface area contributed by atoms with Crippen molar-refractivity contribution >= 4 is 15.9 Å². The van der Waals surface area contributed by atoms with Crippen LogP contribution in [0, 0.1) is 12.8 Å². The number of sulfonamides is 1. The molecule has 0 aromatic heterocycles. The molecule has 0 saturated carbocycles. The minimum absolute atomic E-state index is 0.0829. The van der Waals surface area contributed by atoms with Crippen LogP contribution in [0.4, 0.5) is 0 Å². The molecule has 0 spiro atoms. The van der Waals surface area contributed by atoms with Crippen LogP contribution in [-0.2, 0) is 20.2 Å². The molecule has 1 aliphatic heterocycles. The van der Waals surface area contributed by atoms with E-state index < -0.39 is 10.0 Å². The second kappa shape index (κ2) is 9.13. The van der Waals surface area contributed by atoms with E-state index in [9.17, 15) is 13.2 Å². The second-order valence-corrected chi connectivity index (χ2v) is 11.6. The number of carbonyl (C=O) groups is 1. The summed E-state index contributed by atoms with van der Waals surface area (Å²) in [6.45, 7) is 11.1. The number of carbonyl (C=O) groups excluding carboxylic acids is 1. The Hall–Kier alpha value is -2.18. The van der Waals surface area contributed by atoms with Gasteiger partial charge in [0.2, 0.25) is 15.9 Å². The third-order valence-corrected chi connectivity index (χ3v) is 7.93. The van der Waals surface area contributed by atoms with Crippen LogP contribution in [0.5, 0.6) is 0 Å². The van der Waals surface area contributed by atoms with E-state index >= 15 is 0 Å². The molecule has 0 unspecified atom stereocenters. The zero-order valence-electron chi connectivity index (χ0n) is 19.2. The highest BCUT2D eigenvalue weighted by atomic mass is 32.2. The maximum atomic E-state index is 13.0. The van der Waals surface area contributed by atoms with Crippen LogP contribution in [0.15, 0.2) is 53.4 Å². The Bertz CT molecular complexity index is 1010. The van der Waals surface area contributed by atoms with Crippen molar-refractivity contribution in [2.45, 2.75) is 63.8 Å². The Morgan fingerprint density at radius 2 is 1.68 bits per heavy atom. The molecule has 1 amide bonds. The number of nitrogens with zero attached hydrogens (tertiary/aromatic N) is 1. The van der Waals surface area contributed by atoms with Gasteiger partial charge in [-0.2, -0.15) is 4.31 Å². The lowest BCUT2D eigenvalue weighted by atomic mass is 9.86. The third-order valence-electron chi connectivity index (χ3n) is 6.05. The number of amides is 1.